The molecule has 3 rings (SSSR count). The Hall–Kier alpha value is -3.13. The molecule has 3 heterocycles. The molecule has 0 unspecified atom stereocenters. The van der Waals surface area contributed by atoms with Crippen molar-refractivity contribution >= 4 is 11.6 Å². The number of carbonyl (C=O) groups is 1. The van der Waals surface area contributed by atoms with E-state index in [0.29, 0.717) is 24.7 Å². The number of nitrogens with one attached hydrogen (secondary N) is 2. The van der Waals surface area contributed by atoms with E-state index in [1.165, 1.54) is 0 Å². The van der Waals surface area contributed by atoms with Gasteiger partial charge in [-0.25, -0.2) is 4.98 Å². The van der Waals surface area contributed by atoms with Crippen molar-refractivity contribution < 1.29 is 9.53 Å². The van der Waals surface area contributed by atoms with Crippen molar-refractivity contribution in [3.8, 4) is 17.0 Å². The second-order valence-corrected chi connectivity index (χ2v) is 7.63. The van der Waals surface area contributed by atoms with Gasteiger partial charge in [-0.1, -0.05) is 6.08 Å². The fourth-order valence-electron chi connectivity index (χ4n) is 3.39. The summed E-state index contributed by atoms with van der Waals surface area (Å²) < 4.78 is 5.18. The predicted octanol–water partition coefficient (Wildman–Crippen LogP) is 1.97. The normalized spacial score (nSPS) is 15.0. The van der Waals surface area contributed by atoms with Crippen LogP contribution >= 0.6 is 0 Å². The first-order valence-corrected chi connectivity index (χ1v) is 10.1. The number of H-pyrrole nitrogens is 1. The van der Waals surface area contributed by atoms with Crippen molar-refractivity contribution in [1.29, 1.82) is 0 Å². The molecule has 0 aliphatic carbocycles. The van der Waals surface area contributed by atoms with Crippen molar-refractivity contribution in [3.63, 3.8) is 0 Å². The Bertz CT molecular complexity index is 946. The van der Waals surface area contributed by atoms with Crippen LogP contribution in [0.4, 0.5) is 5.69 Å². The van der Waals surface area contributed by atoms with Gasteiger partial charge in [0.15, 0.2) is 0 Å². The Morgan fingerprint density at radius 2 is 2.10 bits per heavy atom. The zero-order valence-electron chi connectivity index (χ0n) is 17.7. The Morgan fingerprint density at radius 1 is 1.33 bits per heavy atom. The summed E-state index contributed by atoms with van der Waals surface area (Å²) in [5.41, 5.74) is 2.14. The summed E-state index contributed by atoms with van der Waals surface area (Å²) in [6, 6.07) is 5.68. The third kappa shape index (κ3) is 5.70. The highest BCUT2D eigenvalue weighted by Crippen LogP contribution is 2.23. The number of aromatic amines is 1. The van der Waals surface area contributed by atoms with Gasteiger partial charge in [0.1, 0.15) is 5.69 Å². The molecule has 8 heteroatoms. The molecule has 0 bridgehead atoms. The highest BCUT2D eigenvalue weighted by molar-refractivity contribution is 5.87. The number of aromatic nitrogens is 2. The van der Waals surface area contributed by atoms with Gasteiger partial charge in [-0.2, -0.15) is 0 Å². The summed E-state index contributed by atoms with van der Waals surface area (Å²) in [6.07, 6.45) is 8.46. The molecule has 0 atom stereocenters. The maximum Gasteiger partial charge on any atom is 0.271 e. The van der Waals surface area contributed by atoms with E-state index in [2.05, 4.69) is 15.3 Å². The molecule has 1 saturated heterocycles. The van der Waals surface area contributed by atoms with Crippen molar-refractivity contribution in [2.45, 2.75) is 18.9 Å². The SMILES string of the molecule is COc1cc(-c2c[nH]c(=O)c(NC3CCN(C(=O)/C=C/CN(C)C)CC3)c2)ccn1. The van der Waals surface area contributed by atoms with Crippen LogP contribution in [0.1, 0.15) is 12.8 Å². The van der Waals surface area contributed by atoms with Crippen molar-refractivity contribution in [1.82, 2.24) is 19.8 Å². The fourth-order valence-corrected chi connectivity index (χ4v) is 3.39. The first-order valence-electron chi connectivity index (χ1n) is 10.1. The molecule has 0 radical (unpaired) electrons. The molecular weight excluding hydrogens is 382 g/mol. The maximum absolute atomic E-state index is 12.3. The van der Waals surface area contributed by atoms with E-state index in [1.54, 1.807) is 25.6 Å². The van der Waals surface area contributed by atoms with E-state index in [4.69, 9.17) is 4.74 Å². The molecule has 1 aliphatic heterocycles. The number of hydrogen-bond donors (Lipinski definition) is 2. The fraction of sp³-hybridized carbons (Fsp3) is 0.409. The zero-order valence-corrected chi connectivity index (χ0v) is 17.7. The lowest BCUT2D eigenvalue weighted by Crippen LogP contribution is -2.42. The van der Waals surface area contributed by atoms with Crippen LogP contribution in [0.5, 0.6) is 5.88 Å². The molecule has 2 aromatic rings. The Balaban J connectivity index is 1.61. The van der Waals surface area contributed by atoms with Crippen LogP contribution < -0.4 is 15.6 Å². The Labute approximate surface area is 176 Å². The molecule has 0 spiro atoms. The number of likely N-dealkylation sites (tertiary alicyclic amines) is 1. The molecule has 2 N–H and O–H groups in total. The van der Waals surface area contributed by atoms with Crippen LogP contribution in [-0.2, 0) is 4.79 Å². The number of piperidine rings is 1. The minimum Gasteiger partial charge on any atom is -0.481 e. The largest absolute Gasteiger partial charge is 0.481 e. The molecule has 1 amide bonds. The van der Waals surface area contributed by atoms with Crippen LogP contribution in [-0.4, -0.2) is 72.6 Å². The van der Waals surface area contributed by atoms with Crippen molar-refractivity contribution in [2.75, 3.05) is 46.2 Å². The number of methoxy groups -OCH3 is 1. The number of nitrogens with zero attached hydrogens (tertiary/aromatic N) is 3. The number of anilines is 1. The molecule has 1 aliphatic rings. The quantitative estimate of drug-likeness (QED) is 0.677. The second kappa shape index (κ2) is 10.1. The van der Waals surface area contributed by atoms with Crippen LogP contribution in [0.3, 0.4) is 0 Å². The zero-order chi connectivity index (χ0) is 21.5. The van der Waals surface area contributed by atoms with E-state index in [0.717, 1.165) is 30.5 Å². The summed E-state index contributed by atoms with van der Waals surface area (Å²) in [7, 11) is 5.50. The molecule has 1 fully saturated rings. The average Bonchev–Trinajstić information content (AvgIpc) is 2.75. The summed E-state index contributed by atoms with van der Waals surface area (Å²) in [4.78, 5) is 35.4. The van der Waals surface area contributed by atoms with E-state index in [1.807, 2.05) is 48.2 Å². The van der Waals surface area contributed by atoms with Crippen LogP contribution in [0.2, 0.25) is 0 Å². The van der Waals surface area contributed by atoms with Gasteiger partial charge < -0.3 is 24.8 Å². The average molecular weight is 412 g/mol. The summed E-state index contributed by atoms with van der Waals surface area (Å²) in [5, 5.41) is 3.35. The van der Waals surface area contributed by atoms with Gasteiger partial charge in [0.2, 0.25) is 11.8 Å². The number of likely N-dealkylation sites (N-methyl/N-ethyl adjacent to an activating group) is 1. The minimum atomic E-state index is -0.162. The van der Waals surface area contributed by atoms with Gasteiger partial charge in [-0.05, 0) is 44.6 Å². The van der Waals surface area contributed by atoms with E-state index >= 15 is 0 Å². The topological polar surface area (TPSA) is 90.6 Å². The predicted molar refractivity (Wildman–Crippen MR) is 118 cm³/mol. The van der Waals surface area contributed by atoms with Gasteiger partial charge in [0.25, 0.3) is 5.56 Å². The third-order valence-electron chi connectivity index (χ3n) is 5.08. The van der Waals surface area contributed by atoms with Gasteiger partial charge in [-0.15, -0.1) is 0 Å². The highest BCUT2D eigenvalue weighted by atomic mass is 16.5. The standard InChI is InChI=1S/C22H29N5O3/c1-26(2)10-4-5-21(28)27-11-7-18(8-12-27)25-19-13-17(15-24-22(19)29)16-6-9-23-20(14-16)30-3/h4-6,9,13-15,18,25H,7-8,10-12H2,1-3H3,(H,24,29)/b5-4+. The monoisotopic (exact) mass is 411 g/mol. The maximum atomic E-state index is 12.3. The number of pyridine rings is 2. The minimum absolute atomic E-state index is 0.0433. The van der Waals surface area contributed by atoms with Crippen LogP contribution in [0.25, 0.3) is 11.1 Å². The smallest absolute Gasteiger partial charge is 0.271 e. The van der Waals surface area contributed by atoms with Gasteiger partial charge in [-0.3, -0.25) is 9.59 Å². The summed E-state index contributed by atoms with van der Waals surface area (Å²) in [5.74, 6) is 0.562. The molecule has 2 aromatic heterocycles. The van der Waals surface area contributed by atoms with Gasteiger partial charge in [0, 0.05) is 55.8 Å². The third-order valence-corrected chi connectivity index (χ3v) is 5.08. The Kier molecular flexibility index (Phi) is 7.24. The summed E-state index contributed by atoms with van der Waals surface area (Å²) in [6.45, 7) is 2.08. The van der Waals surface area contributed by atoms with Gasteiger partial charge >= 0.3 is 0 Å². The number of rotatable bonds is 7. The van der Waals surface area contributed by atoms with E-state index in [9.17, 15) is 9.59 Å². The lowest BCUT2D eigenvalue weighted by Gasteiger charge is -2.32. The number of ether oxygens (including phenoxy) is 1. The first-order chi connectivity index (χ1) is 14.5. The molecule has 8 nitrogen and oxygen atoms in total. The Morgan fingerprint density at radius 3 is 2.80 bits per heavy atom. The first kappa shape index (κ1) is 21.6. The van der Waals surface area contributed by atoms with Gasteiger partial charge in [0.05, 0.1) is 7.11 Å². The molecule has 0 saturated carbocycles. The van der Waals surface area contributed by atoms with Crippen LogP contribution in [0.15, 0.2) is 47.5 Å². The van der Waals surface area contributed by atoms with Crippen LogP contribution in [0, 0.1) is 0 Å². The lowest BCUT2D eigenvalue weighted by molar-refractivity contribution is -0.126. The molecule has 0 aromatic carbocycles. The second-order valence-electron chi connectivity index (χ2n) is 7.63. The molecule has 30 heavy (non-hydrogen) atoms. The number of hydrogen-bond acceptors (Lipinski definition) is 6. The van der Waals surface area contributed by atoms with E-state index in [-0.39, 0.29) is 17.5 Å². The lowest BCUT2D eigenvalue weighted by atomic mass is 10.0. The molecule has 160 valence electrons. The highest BCUT2D eigenvalue weighted by Gasteiger charge is 2.22. The van der Waals surface area contributed by atoms with E-state index < -0.39 is 0 Å². The molecular formula is C22H29N5O3. The number of carbonyl (C=O) groups excluding carboxylic acids is 1. The van der Waals surface area contributed by atoms with Crippen molar-refractivity contribution in [3.05, 3.63) is 53.1 Å². The summed E-state index contributed by atoms with van der Waals surface area (Å²) >= 11 is 0. The van der Waals surface area contributed by atoms with Crippen molar-refractivity contribution in [2.24, 2.45) is 0 Å². The number of amides is 1.